The highest BCUT2D eigenvalue weighted by Crippen LogP contribution is 2.25. The molecule has 11 nitrogen and oxygen atoms in total. The Hall–Kier alpha value is -4.01. The van der Waals surface area contributed by atoms with Crippen molar-refractivity contribution in [1.29, 1.82) is 0 Å². The van der Waals surface area contributed by atoms with Crippen LogP contribution in [-0.2, 0) is 17.8 Å². The fourth-order valence-electron chi connectivity index (χ4n) is 4.90. The van der Waals surface area contributed by atoms with Gasteiger partial charge >= 0.3 is 11.9 Å². The van der Waals surface area contributed by atoms with E-state index in [1.807, 2.05) is 0 Å². The lowest BCUT2D eigenvalue weighted by molar-refractivity contribution is -0.207. The zero-order chi connectivity index (χ0) is 30.0. The number of carbonyl (C=O) groups is 1. The number of aromatic nitrogens is 6. The Morgan fingerprint density at radius 1 is 1.17 bits per heavy atom. The first-order valence-electron chi connectivity index (χ1n) is 13.0. The van der Waals surface area contributed by atoms with Crippen molar-refractivity contribution in [3.63, 3.8) is 0 Å². The molecule has 15 heteroatoms. The second-order valence-corrected chi connectivity index (χ2v) is 10.2. The predicted molar refractivity (Wildman–Crippen MR) is 145 cm³/mol. The molecule has 3 heterocycles. The number of rotatable bonds is 9. The van der Waals surface area contributed by atoms with Crippen LogP contribution in [0.25, 0.3) is 17.1 Å². The van der Waals surface area contributed by atoms with Crippen molar-refractivity contribution in [3.8, 4) is 17.1 Å². The quantitative estimate of drug-likeness (QED) is 0.311. The van der Waals surface area contributed by atoms with Gasteiger partial charge < -0.3 is 14.7 Å². The van der Waals surface area contributed by atoms with Gasteiger partial charge in [0, 0.05) is 24.2 Å². The summed E-state index contributed by atoms with van der Waals surface area (Å²) in [7, 11) is 1.59. The molecular weight excluding hydrogens is 579 g/mol. The Balaban J connectivity index is 1.45. The molecule has 0 bridgehead atoms. The van der Waals surface area contributed by atoms with Gasteiger partial charge in [-0.05, 0) is 49.2 Å². The smallest absolute Gasteiger partial charge is 0.383 e. The first kappa shape index (κ1) is 29.5. The molecule has 0 saturated carbocycles. The van der Waals surface area contributed by atoms with Gasteiger partial charge in [0.05, 0.1) is 30.4 Å². The molecule has 0 aliphatic carbocycles. The largest absolute Gasteiger partial charge is 0.416 e. The molecule has 5 rings (SSSR count). The van der Waals surface area contributed by atoms with E-state index in [2.05, 4.69) is 15.2 Å². The molecule has 1 N–H and O–H groups in total. The van der Waals surface area contributed by atoms with Crippen LogP contribution in [0.1, 0.15) is 29.0 Å². The predicted octanol–water partition coefficient (Wildman–Crippen LogP) is 3.17. The van der Waals surface area contributed by atoms with Gasteiger partial charge in [-0.3, -0.25) is 9.36 Å². The van der Waals surface area contributed by atoms with Gasteiger partial charge in [-0.25, -0.2) is 19.1 Å². The highest BCUT2D eigenvalue weighted by Gasteiger charge is 2.39. The average molecular weight is 606 g/mol. The lowest BCUT2D eigenvalue weighted by Crippen LogP contribution is -2.38. The van der Waals surface area contributed by atoms with E-state index >= 15 is 0 Å². The number of methoxy groups -OCH3 is 1. The van der Waals surface area contributed by atoms with Crippen LogP contribution in [-0.4, -0.2) is 83.6 Å². The van der Waals surface area contributed by atoms with Crippen molar-refractivity contribution in [1.82, 2.24) is 34.0 Å². The summed E-state index contributed by atoms with van der Waals surface area (Å²) in [6.07, 6.45) is -4.64. The third kappa shape index (κ3) is 6.10. The van der Waals surface area contributed by atoms with Crippen LogP contribution in [0, 0.1) is 0 Å². The third-order valence-electron chi connectivity index (χ3n) is 6.97. The summed E-state index contributed by atoms with van der Waals surface area (Å²) in [5, 5.41) is 18.7. The molecule has 1 aliphatic heterocycles. The minimum absolute atomic E-state index is 0.0328. The Morgan fingerprint density at radius 3 is 2.62 bits per heavy atom. The van der Waals surface area contributed by atoms with Crippen LogP contribution in [0.15, 0.2) is 59.7 Å². The van der Waals surface area contributed by atoms with E-state index in [4.69, 9.17) is 16.3 Å². The summed E-state index contributed by atoms with van der Waals surface area (Å²) in [6.45, 7) is -0.299. The van der Waals surface area contributed by atoms with Gasteiger partial charge in [-0.1, -0.05) is 23.7 Å². The van der Waals surface area contributed by atoms with Crippen molar-refractivity contribution in [2.24, 2.45) is 0 Å². The number of hydrogen-bond acceptors (Lipinski definition) is 7. The zero-order valence-electron chi connectivity index (χ0n) is 22.4. The molecule has 4 aromatic rings. The number of nitrogens with zero attached hydrogens (tertiary/aromatic N) is 7. The number of carbonyl (C=O) groups excluding carboxylic acids is 1. The Kier molecular flexibility index (Phi) is 8.48. The molecule has 42 heavy (non-hydrogen) atoms. The number of likely N-dealkylation sites (tertiary alicyclic amines) is 1. The molecule has 1 fully saturated rings. The summed E-state index contributed by atoms with van der Waals surface area (Å²) in [5.41, 5.74) is 0.305. The SMILES string of the molecule is COC[C@H]1CCCN1C(=O)c1ccccc1-n1cnc(Cn2nc(-c3ccc(Cl)cc3)n(C[C@H](O)C(F)(F)F)c2=O)n1. The molecular formula is C27H27ClF3N7O4. The zero-order valence-corrected chi connectivity index (χ0v) is 23.2. The number of ether oxygens (including phenoxy) is 1. The van der Waals surface area contributed by atoms with E-state index < -0.39 is 24.5 Å². The number of halogens is 4. The van der Waals surface area contributed by atoms with E-state index in [1.165, 1.54) is 35.3 Å². The number of alkyl halides is 3. The van der Waals surface area contributed by atoms with Crippen molar-refractivity contribution in [3.05, 3.63) is 81.8 Å². The first-order valence-corrected chi connectivity index (χ1v) is 13.4. The third-order valence-corrected chi connectivity index (χ3v) is 7.22. The van der Waals surface area contributed by atoms with Crippen LogP contribution in [0.2, 0.25) is 5.02 Å². The number of aliphatic hydroxyl groups is 1. The Bertz CT molecular complexity index is 1620. The van der Waals surface area contributed by atoms with Crippen molar-refractivity contribution < 1.29 is 27.8 Å². The lowest BCUT2D eigenvalue weighted by Gasteiger charge is -2.25. The number of benzene rings is 2. The van der Waals surface area contributed by atoms with E-state index in [9.17, 15) is 27.9 Å². The topological polar surface area (TPSA) is 120 Å². The highest BCUT2D eigenvalue weighted by atomic mass is 35.5. The van der Waals surface area contributed by atoms with Gasteiger partial charge in [0.25, 0.3) is 5.91 Å². The minimum atomic E-state index is -4.94. The van der Waals surface area contributed by atoms with Crippen molar-refractivity contribution >= 4 is 17.5 Å². The van der Waals surface area contributed by atoms with Crippen LogP contribution in [0.3, 0.4) is 0 Å². The molecule has 0 unspecified atom stereocenters. The molecule has 1 aliphatic rings. The van der Waals surface area contributed by atoms with E-state index in [0.717, 1.165) is 22.1 Å². The first-order chi connectivity index (χ1) is 20.1. The summed E-state index contributed by atoms with van der Waals surface area (Å²) >= 11 is 5.94. The fourth-order valence-corrected chi connectivity index (χ4v) is 5.02. The summed E-state index contributed by atoms with van der Waals surface area (Å²) < 4.78 is 47.8. The maximum absolute atomic E-state index is 13.5. The molecule has 222 valence electrons. The van der Waals surface area contributed by atoms with E-state index in [-0.39, 0.29) is 30.1 Å². The van der Waals surface area contributed by atoms with Gasteiger partial charge in [0.1, 0.15) is 12.9 Å². The minimum Gasteiger partial charge on any atom is -0.383 e. The molecule has 2 aromatic heterocycles. The van der Waals surface area contributed by atoms with Crippen molar-refractivity contribution in [2.75, 3.05) is 20.3 Å². The molecule has 0 spiro atoms. The Morgan fingerprint density at radius 2 is 1.90 bits per heavy atom. The van der Waals surface area contributed by atoms with Gasteiger partial charge in [-0.15, -0.1) is 10.2 Å². The number of aliphatic hydroxyl groups excluding tert-OH is 1. The van der Waals surface area contributed by atoms with Gasteiger partial charge in [-0.2, -0.15) is 13.2 Å². The van der Waals surface area contributed by atoms with Gasteiger partial charge in [0.15, 0.2) is 17.8 Å². The Labute approximate surface area is 242 Å². The maximum atomic E-state index is 13.5. The van der Waals surface area contributed by atoms with Crippen LogP contribution in [0.5, 0.6) is 0 Å². The maximum Gasteiger partial charge on any atom is 0.416 e. The van der Waals surface area contributed by atoms with Gasteiger partial charge in [0.2, 0.25) is 0 Å². The highest BCUT2D eigenvalue weighted by molar-refractivity contribution is 6.30. The summed E-state index contributed by atoms with van der Waals surface area (Å²) in [4.78, 5) is 32.7. The summed E-state index contributed by atoms with van der Waals surface area (Å²) in [5.74, 6) is -0.138. The van der Waals surface area contributed by atoms with Crippen LogP contribution in [0.4, 0.5) is 13.2 Å². The summed E-state index contributed by atoms with van der Waals surface area (Å²) in [6, 6.07) is 12.9. The molecule has 1 saturated heterocycles. The second-order valence-electron chi connectivity index (χ2n) is 9.81. The molecule has 0 radical (unpaired) electrons. The van der Waals surface area contributed by atoms with Crippen LogP contribution >= 0.6 is 11.6 Å². The molecule has 2 atom stereocenters. The molecule has 2 aromatic carbocycles. The standard InChI is InChI=1S/C27H27ClF3N7O4/c1-42-15-19-5-4-12-35(19)25(40)20-6-2-3-7-21(20)38-16-32-23(33-38)14-37-26(41)36(13-22(39)27(29,30)31)24(34-37)17-8-10-18(28)11-9-17/h2-3,6-11,16,19,22,39H,4-5,12-15H2,1H3/t19-,22+/m1/s1. The fraction of sp³-hybridized carbons (Fsp3) is 0.370. The van der Waals surface area contributed by atoms with Crippen molar-refractivity contribution in [2.45, 2.75) is 44.3 Å². The number of hydrogen-bond donors (Lipinski definition) is 1. The average Bonchev–Trinajstić information content (AvgIpc) is 3.69. The molecule has 1 amide bonds. The van der Waals surface area contributed by atoms with E-state index in [0.29, 0.717) is 35.0 Å². The normalized spacial score (nSPS) is 16.2. The lowest BCUT2D eigenvalue weighted by atomic mass is 10.1. The second kappa shape index (κ2) is 12.1. The number of amides is 1. The van der Waals surface area contributed by atoms with Crippen LogP contribution < -0.4 is 5.69 Å². The number of para-hydroxylation sites is 1. The van der Waals surface area contributed by atoms with E-state index in [1.54, 1.807) is 36.3 Å². The monoisotopic (exact) mass is 605 g/mol.